The van der Waals surface area contributed by atoms with Crippen LogP contribution < -0.4 is 0 Å². The number of nitrogens with zero attached hydrogens (tertiary/aromatic N) is 2. The molecule has 1 aliphatic rings. The van der Waals surface area contributed by atoms with E-state index >= 15 is 0 Å². The molecule has 0 spiro atoms. The lowest BCUT2D eigenvalue weighted by molar-refractivity contribution is 0.204. The quantitative estimate of drug-likeness (QED) is 0.660. The van der Waals surface area contributed by atoms with Crippen molar-refractivity contribution in [2.75, 3.05) is 13.1 Å². The molecule has 2 heteroatoms. The van der Waals surface area contributed by atoms with Crippen LogP contribution in [0.4, 0.5) is 0 Å². The van der Waals surface area contributed by atoms with E-state index in [0.717, 1.165) is 19.6 Å². The number of hydrogen-bond donors (Lipinski definition) is 0. The van der Waals surface area contributed by atoms with E-state index in [1.807, 2.05) is 12.4 Å². The zero-order chi connectivity index (χ0) is 16.9. The Kier molecular flexibility index (Phi) is 4.89. The first-order valence-corrected chi connectivity index (χ1v) is 9.15. The second kappa shape index (κ2) is 7.62. The highest BCUT2D eigenvalue weighted by atomic mass is 15.1. The van der Waals surface area contributed by atoms with Gasteiger partial charge in [-0.2, -0.15) is 0 Å². The maximum Gasteiger partial charge on any atom is 0.0346 e. The van der Waals surface area contributed by atoms with Gasteiger partial charge in [-0.25, -0.2) is 0 Å². The van der Waals surface area contributed by atoms with E-state index in [9.17, 15) is 0 Å². The molecule has 2 aromatic carbocycles. The summed E-state index contributed by atoms with van der Waals surface area (Å²) < 4.78 is 0. The van der Waals surface area contributed by atoms with Crippen molar-refractivity contribution < 1.29 is 0 Å². The van der Waals surface area contributed by atoms with Gasteiger partial charge in [0.1, 0.15) is 0 Å². The largest absolute Gasteiger partial charge is 0.299 e. The highest BCUT2D eigenvalue weighted by molar-refractivity contribution is 5.62. The van der Waals surface area contributed by atoms with E-state index in [1.54, 1.807) is 0 Å². The molecule has 0 saturated carbocycles. The lowest BCUT2D eigenvalue weighted by Crippen LogP contribution is -2.32. The predicted molar refractivity (Wildman–Crippen MR) is 103 cm³/mol. The van der Waals surface area contributed by atoms with Gasteiger partial charge < -0.3 is 0 Å². The smallest absolute Gasteiger partial charge is 0.0346 e. The molecule has 0 aliphatic carbocycles. The molecule has 0 radical (unpaired) electrons. The number of hydrogen-bond acceptors (Lipinski definition) is 2. The van der Waals surface area contributed by atoms with Crippen molar-refractivity contribution in [3.8, 4) is 11.1 Å². The molecular formula is C23H24N2. The first-order chi connectivity index (χ1) is 12.4. The highest BCUT2D eigenvalue weighted by Crippen LogP contribution is 2.28. The summed E-state index contributed by atoms with van der Waals surface area (Å²) in [6, 6.07) is 23.7. The van der Waals surface area contributed by atoms with Gasteiger partial charge in [-0.3, -0.25) is 9.88 Å². The zero-order valence-electron chi connectivity index (χ0n) is 14.5. The van der Waals surface area contributed by atoms with Gasteiger partial charge in [-0.15, -0.1) is 0 Å². The van der Waals surface area contributed by atoms with E-state index in [2.05, 4.69) is 76.6 Å². The zero-order valence-corrected chi connectivity index (χ0v) is 14.5. The summed E-state index contributed by atoms with van der Waals surface area (Å²) >= 11 is 0. The lowest BCUT2D eigenvalue weighted by Gasteiger charge is -2.32. The minimum Gasteiger partial charge on any atom is -0.299 e. The Labute approximate surface area is 150 Å². The van der Waals surface area contributed by atoms with Gasteiger partial charge in [0.2, 0.25) is 0 Å². The maximum absolute atomic E-state index is 4.46. The lowest BCUT2D eigenvalue weighted by atomic mass is 9.89. The van der Waals surface area contributed by atoms with Crippen LogP contribution >= 0.6 is 0 Å². The van der Waals surface area contributed by atoms with Crippen LogP contribution in [0.25, 0.3) is 11.1 Å². The van der Waals surface area contributed by atoms with Crippen LogP contribution in [0.2, 0.25) is 0 Å². The summed E-state index contributed by atoms with van der Waals surface area (Å²) in [6.07, 6.45) is 6.46. The van der Waals surface area contributed by atoms with Gasteiger partial charge in [0.05, 0.1) is 0 Å². The van der Waals surface area contributed by atoms with Crippen molar-refractivity contribution >= 4 is 0 Å². The van der Waals surface area contributed by atoms with E-state index < -0.39 is 0 Å². The second-order valence-electron chi connectivity index (χ2n) is 6.91. The average molecular weight is 328 g/mol. The predicted octanol–water partition coefficient (Wildman–Crippen LogP) is 5.13. The maximum atomic E-state index is 4.46. The van der Waals surface area contributed by atoms with Crippen LogP contribution in [0.15, 0.2) is 79.1 Å². The van der Waals surface area contributed by atoms with Gasteiger partial charge in [0.15, 0.2) is 0 Å². The minimum absolute atomic E-state index is 0.714. The van der Waals surface area contributed by atoms with Crippen molar-refractivity contribution in [1.29, 1.82) is 0 Å². The molecule has 1 aromatic heterocycles. The fraction of sp³-hybridized carbons (Fsp3) is 0.261. The Bertz CT molecular complexity index is 791. The summed E-state index contributed by atoms with van der Waals surface area (Å²) in [4.78, 5) is 7.02. The molecule has 0 bridgehead atoms. The highest BCUT2D eigenvalue weighted by Gasteiger charge is 2.20. The van der Waals surface area contributed by atoms with Gasteiger partial charge in [0.25, 0.3) is 0 Å². The van der Waals surface area contributed by atoms with Crippen molar-refractivity contribution in [2.45, 2.75) is 25.3 Å². The third-order valence-electron chi connectivity index (χ3n) is 5.17. The molecule has 1 aliphatic heterocycles. The van der Waals surface area contributed by atoms with E-state index in [4.69, 9.17) is 0 Å². The number of rotatable bonds is 4. The summed E-state index contributed by atoms with van der Waals surface area (Å²) in [5, 5.41) is 0. The number of pyridine rings is 1. The number of likely N-dealkylation sites (tertiary alicyclic amines) is 1. The van der Waals surface area contributed by atoms with Crippen molar-refractivity contribution in [1.82, 2.24) is 9.88 Å². The van der Waals surface area contributed by atoms with Crippen LogP contribution in [0, 0.1) is 0 Å². The van der Waals surface area contributed by atoms with Gasteiger partial charge in [0, 0.05) is 24.5 Å². The van der Waals surface area contributed by atoms with Crippen LogP contribution in [-0.4, -0.2) is 23.0 Å². The third-order valence-corrected chi connectivity index (χ3v) is 5.17. The molecule has 126 valence electrons. The molecule has 3 aromatic rings. The van der Waals surface area contributed by atoms with Gasteiger partial charge >= 0.3 is 0 Å². The van der Waals surface area contributed by atoms with Crippen LogP contribution in [0.3, 0.4) is 0 Å². The van der Waals surface area contributed by atoms with Crippen LogP contribution in [0.5, 0.6) is 0 Å². The molecule has 0 atom stereocenters. The normalized spacial score (nSPS) is 16.0. The van der Waals surface area contributed by atoms with Gasteiger partial charge in [-0.05, 0) is 54.6 Å². The molecule has 1 saturated heterocycles. The summed E-state index contributed by atoms with van der Waals surface area (Å²) in [5.74, 6) is 0.714. The van der Waals surface area contributed by atoms with Crippen molar-refractivity contribution in [3.63, 3.8) is 0 Å². The van der Waals surface area contributed by atoms with Crippen LogP contribution in [0.1, 0.15) is 29.9 Å². The van der Waals surface area contributed by atoms with Crippen molar-refractivity contribution in [2.24, 2.45) is 0 Å². The van der Waals surface area contributed by atoms with Gasteiger partial charge in [-0.1, -0.05) is 60.7 Å². The molecule has 1 fully saturated rings. The molecule has 2 heterocycles. The molecule has 0 N–H and O–H groups in total. The standard InChI is InChI=1S/C23H24N2/c1-3-7-20(8-4-1)22-11-13-25(14-12-22)18-19-15-23(17-24-16-19)21-9-5-2-6-10-21/h1-10,15-17,22H,11-14,18H2. The fourth-order valence-corrected chi connectivity index (χ4v) is 3.77. The minimum atomic E-state index is 0.714. The molecule has 4 rings (SSSR count). The Balaban J connectivity index is 1.39. The number of aromatic nitrogens is 1. The monoisotopic (exact) mass is 328 g/mol. The molecular weight excluding hydrogens is 304 g/mol. The first kappa shape index (κ1) is 16.0. The van der Waals surface area contributed by atoms with Crippen LogP contribution in [-0.2, 0) is 6.54 Å². The molecule has 0 amide bonds. The van der Waals surface area contributed by atoms with E-state index in [1.165, 1.54) is 35.1 Å². The van der Waals surface area contributed by atoms with E-state index in [-0.39, 0.29) is 0 Å². The SMILES string of the molecule is c1ccc(-c2cncc(CN3CCC(c4ccccc4)CC3)c2)cc1. The number of piperidine rings is 1. The summed E-state index contributed by atoms with van der Waals surface area (Å²) in [6.45, 7) is 3.32. The van der Waals surface area contributed by atoms with E-state index in [0.29, 0.717) is 5.92 Å². The number of benzene rings is 2. The molecule has 2 nitrogen and oxygen atoms in total. The van der Waals surface area contributed by atoms with Crippen molar-refractivity contribution in [3.05, 3.63) is 90.3 Å². The second-order valence-corrected chi connectivity index (χ2v) is 6.91. The Hall–Kier alpha value is -2.45. The average Bonchev–Trinajstić information content (AvgIpc) is 2.70. The summed E-state index contributed by atoms with van der Waals surface area (Å²) in [5.41, 5.74) is 5.24. The first-order valence-electron chi connectivity index (χ1n) is 9.15. The fourth-order valence-electron chi connectivity index (χ4n) is 3.77. The topological polar surface area (TPSA) is 16.1 Å². The Morgan fingerprint density at radius 2 is 1.48 bits per heavy atom. The molecule has 0 unspecified atom stereocenters. The summed E-state index contributed by atoms with van der Waals surface area (Å²) in [7, 11) is 0. The Morgan fingerprint density at radius 3 is 2.20 bits per heavy atom. The molecule has 25 heavy (non-hydrogen) atoms. The Morgan fingerprint density at radius 1 is 0.800 bits per heavy atom. The third kappa shape index (κ3) is 3.97.